The van der Waals surface area contributed by atoms with Crippen LogP contribution >= 0.6 is 0 Å². The summed E-state index contributed by atoms with van der Waals surface area (Å²) < 4.78 is 0. The Balaban J connectivity index is 1.78. The molecule has 0 aliphatic heterocycles. The summed E-state index contributed by atoms with van der Waals surface area (Å²) in [6.45, 7) is 0. The highest BCUT2D eigenvalue weighted by molar-refractivity contribution is 4.69. The number of hydrogen-bond donors (Lipinski definition) is 0. The molecule has 208 valence electrons. The Bertz CT molecular complexity index is 338. The first-order valence-corrected chi connectivity index (χ1v) is 17.4. The zero-order valence-electron chi connectivity index (χ0n) is 24.5. The van der Waals surface area contributed by atoms with E-state index in [4.69, 9.17) is 0 Å². The number of hydrogen-bond acceptors (Lipinski definition) is 0. The summed E-state index contributed by atoms with van der Waals surface area (Å²) in [7, 11) is 0. The predicted octanol–water partition coefficient (Wildman–Crippen LogP) is 13.1. The quantitative estimate of drug-likeness (QED) is 0.362. The third kappa shape index (κ3) is 19.7. The van der Waals surface area contributed by atoms with Crippen LogP contribution in [0.5, 0.6) is 0 Å². The molecule has 0 atom stereocenters. The first kappa shape index (κ1) is 31.2. The van der Waals surface area contributed by atoms with Gasteiger partial charge in [-0.2, -0.15) is 0 Å². The van der Waals surface area contributed by atoms with Crippen molar-refractivity contribution in [3.63, 3.8) is 0 Å². The molecule has 2 rings (SSSR count). The standard InChI is InChI=1S/C35H68/c1-2-6-10-14-18-22-26-30-34(29-25-21-17-13-9-5-1)33-35-31-27-23-19-15-11-7-3-4-8-12-16-20-24-28-32-35/h34-35H,1-33H2. The van der Waals surface area contributed by atoms with Crippen molar-refractivity contribution in [2.24, 2.45) is 11.8 Å². The van der Waals surface area contributed by atoms with Crippen LogP contribution in [-0.2, 0) is 0 Å². The van der Waals surface area contributed by atoms with Crippen LogP contribution in [-0.4, -0.2) is 0 Å². The van der Waals surface area contributed by atoms with Gasteiger partial charge in [-0.25, -0.2) is 0 Å². The molecule has 2 aliphatic carbocycles. The van der Waals surface area contributed by atoms with Gasteiger partial charge in [0.25, 0.3) is 0 Å². The van der Waals surface area contributed by atoms with E-state index in [1.54, 1.807) is 32.1 Å². The summed E-state index contributed by atoms with van der Waals surface area (Å²) >= 11 is 0. The van der Waals surface area contributed by atoms with Gasteiger partial charge in [0.1, 0.15) is 0 Å². The lowest BCUT2D eigenvalue weighted by Crippen LogP contribution is -2.11. The normalized spacial score (nSPS) is 25.4. The van der Waals surface area contributed by atoms with E-state index in [-0.39, 0.29) is 0 Å². The smallest absolute Gasteiger partial charge is 0.0412 e. The summed E-state index contributed by atoms with van der Waals surface area (Å²) in [6, 6.07) is 0. The molecule has 0 heterocycles. The maximum absolute atomic E-state index is 1.58. The van der Waals surface area contributed by atoms with Crippen molar-refractivity contribution in [3.8, 4) is 0 Å². The van der Waals surface area contributed by atoms with Crippen LogP contribution in [0.1, 0.15) is 212 Å². The summed E-state index contributed by atoms with van der Waals surface area (Å²) in [5.41, 5.74) is 0. The SMILES string of the molecule is C1CCCCCCCCC(CC2CCCCCCCCCCCCCCCC2)CCCCCCC1. The van der Waals surface area contributed by atoms with Crippen molar-refractivity contribution in [2.45, 2.75) is 212 Å². The topological polar surface area (TPSA) is 0 Å². The van der Waals surface area contributed by atoms with E-state index in [0.29, 0.717) is 0 Å². The minimum atomic E-state index is 1.05. The molecule has 0 aromatic carbocycles. The number of rotatable bonds is 2. The molecule has 0 bridgehead atoms. The molecule has 0 unspecified atom stereocenters. The lowest BCUT2D eigenvalue weighted by atomic mass is 9.82. The molecule has 0 saturated heterocycles. The summed E-state index contributed by atoms with van der Waals surface area (Å²) in [4.78, 5) is 0. The summed E-state index contributed by atoms with van der Waals surface area (Å²) in [5, 5.41) is 0. The van der Waals surface area contributed by atoms with Gasteiger partial charge < -0.3 is 0 Å². The van der Waals surface area contributed by atoms with E-state index in [0.717, 1.165) is 11.8 Å². The maximum atomic E-state index is 1.58. The Morgan fingerprint density at radius 2 is 0.343 bits per heavy atom. The molecule has 2 fully saturated rings. The molecule has 0 heteroatoms. The second kappa shape index (κ2) is 24.3. The van der Waals surface area contributed by atoms with Gasteiger partial charge in [0.05, 0.1) is 0 Å². The molecule has 0 radical (unpaired) electrons. The van der Waals surface area contributed by atoms with Gasteiger partial charge in [0, 0.05) is 0 Å². The Morgan fingerprint density at radius 1 is 0.200 bits per heavy atom. The minimum absolute atomic E-state index is 1.05. The van der Waals surface area contributed by atoms with Crippen molar-refractivity contribution < 1.29 is 0 Å². The van der Waals surface area contributed by atoms with Crippen molar-refractivity contribution in [1.82, 2.24) is 0 Å². The van der Waals surface area contributed by atoms with Gasteiger partial charge in [0.15, 0.2) is 0 Å². The third-order valence-electron chi connectivity index (χ3n) is 9.62. The monoisotopic (exact) mass is 489 g/mol. The fraction of sp³-hybridized carbons (Fsp3) is 1.00. The fourth-order valence-corrected chi connectivity index (χ4v) is 7.21. The van der Waals surface area contributed by atoms with E-state index in [1.807, 2.05) is 0 Å². The molecule has 35 heavy (non-hydrogen) atoms. The first-order valence-electron chi connectivity index (χ1n) is 17.4. The largest absolute Gasteiger partial charge is 0.0533 e. The van der Waals surface area contributed by atoms with E-state index in [9.17, 15) is 0 Å². The highest BCUT2D eigenvalue weighted by atomic mass is 14.2. The van der Waals surface area contributed by atoms with Gasteiger partial charge in [0.2, 0.25) is 0 Å². The van der Waals surface area contributed by atoms with Crippen LogP contribution in [0, 0.1) is 11.8 Å². The van der Waals surface area contributed by atoms with Crippen LogP contribution in [0.3, 0.4) is 0 Å². The van der Waals surface area contributed by atoms with Crippen molar-refractivity contribution in [3.05, 3.63) is 0 Å². The zero-order valence-corrected chi connectivity index (χ0v) is 24.5. The van der Waals surface area contributed by atoms with Crippen molar-refractivity contribution in [1.29, 1.82) is 0 Å². The molecule has 2 aliphatic rings. The average Bonchev–Trinajstić information content (AvgIpc) is 2.87. The van der Waals surface area contributed by atoms with Crippen LogP contribution in [0.2, 0.25) is 0 Å². The Morgan fingerprint density at radius 3 is 0.514 bits per heavy atom. The third-order valence-corrected chi connectivity index (χ3v) is 9.62. The van der Waals surface area contributed by atoms with Crippen LogP contribution in [0.4, 0.5) is 0 Å². The van der Waals surface area contributed by atoms with Gasteiger partial charge in [-0.05, 0) is 18.3 Å². The van der Waals surface area contributed by atoms with E-state index < -0.39 is 0 Å². The average molecular weight is 489 g/mol. The van der Waals surface area contributed by atoms with E-state index >= 15 is 0 Å². The maximum Gasteiger partial charge on any atom is -0.0412 e. The fourth-order valence-electron chi connectivity index (χ4n) is 7.21. The highest BCUT2D eigenvalue weighted by Gasteiger charge is 2.17. The molecule has 0 aromatic rings. The molecule has 0 amide bonds. The minimum Gasteiger partial charge on any atom is -0.0533 e. The molecule has 0 N–H and O–H groups in total. The van der Waals surface area contributed by atoms with E-state index in [1.165, 1.54) is 180 Å². The molecular weight excluding hydrogens is 420 g/mol. The zero-order chi connectivity index (χ0) is 24.5. The van der Waals surface area contributed by atoms with E-state index in [2.05, 4.69) is 0 Å². The van der Waals surface area contributed by atoms with Gasteiger partial charge >= 0.3 is 0 Å². The Labute approximate surface area is 223 Å². The molecule has 0 spiro atoms. The van der Waals surface area contributed by atoms with Crippen molar-refractivity contribution in [2.75, 3.05) is 0 Å². The first-order chi connectivity index (χ1) is 17.4. The van der Waals surface area contributed by atoms with Crippen molar-refractivity contribution >= 4 is 0 Å². The Hall–Kier alpha value is 0. The van der Waals surface area contributed by atoms with Gasteiger partial charge in [-0.1, -0.05) is 205 Å². The lowest BCUT2D eigenvalue weighted by molar-refractivity contribution is 0.282. The molecule has 0 aromatic heterocycles. The Kier molecular flexibility index (Phi) is 21.7. The summed E-state index contributed by atoms with van der Waals surface area (Å²) in [6.07, 6.45) is 50.1. The molecular formula is C35H68. The summed E-state index contributed by atoms with van der Waals surface area (Å²) in [5.74, 6) is 2.09. The lowest BCUT2D eigenvalue weighted by Gasteiger charge is -2.24. The van der Waals surface area contributed by atoms with Gasteiger partial charge in [-0.3, -0.25) is 0 Å². The second-order valence-electron chi connectivity index (χ2n) is 13.0. The van der Waals surface area contributed by atoms with Gasteiger partial charge in [-0.15, -0.1) is 0 Å². The molecule has 2 saturated carbocycles. The highest BCUT2D eigenvalue weighted by Crippen LogP contribution is 2.31. The van der Waals surface area contributed by atoms with Crippen LogP contribution in [0.25, 0.3) is 0 Å². The van der Waals surface area contributed by atoms with Crippen LogP contribution < -0.4 is 0 Å². The molecule has 0 nitrogen and oxygen atoms in total. The van der Waals surface area contributed by atoms with Crippen LogP contribution in [0.15, 0.2) is 0 Å². The second-order valence-corrected chi connectivity index (χ2v) is 13.0. The predicted molar refractivity (Wildman–Crippen MR) is 159 cm³/mol.